The average molecular weight is 585 g/mol. The molecule has 1 saturated heterocycles. The molecule has 1 aliphatic heterocycles. The Bertz CT molecular complexity index is 1460. The van der Waals surface area contributed by atoms with Crippen molar-refractivity contribution in [3.63, 3.8) is 0 Å². The number of phenolic OH excluding ortho intramolecular Hbond substituents is 1. The molecule has 0 radical (unpaired) electrons. The molecule has 3 aliphatic carbocycles. The summed E-state index contributed by atoms with van der Waals surface area (Å²) in [6.07, 6.45) is 3.71. The molecular weight excluding hydrogens is 566 g/mol. The molecule has 1 aromatic heterocycles. The number of hydrogen-bond donors (Lipinski definition) is 1. The van der Waals surface area contributed by atoms with Crippen molar-refractivity contribution in [3.8, 4) is 5.75 Å². The Balaban J connectivity index is 1.48. The fourth-order valence-electron chi connectivity index (χ4n) is 6.10. The molecule has 4 aliphatic rings. The molecule has 36 heavy (non-hydrogen) atoms. The Morgan fingerprint density at radius 2 is 1.92 bits per heavy atom. The standard InChI is InChI=1S/C27H19BrClNO5S/c28-19-10-21(32)24-18(25(19)33)9-16-14(22(24)17-8-12(29)3-6-20(17)31)4-5-15-23(16)27(35)30(26(15)34)11-13-2-1-7-36-13/h1-4,6-8,10,15-16,22-23,31H,5,9,11H2. The summed E-state index contributed by atoms with van der Waals surface area (Å²) in [4.78, 5) is 55.7. The van der Waals surface area contributed by atoms with Gasteiger partial charge in [0.05, 0.1) is 22.9 Å². The lowest BCUT2D eigenvalue weighted by molar-refractivity contribution is -0.140. The van der Waals surface area contributed by atoms with E-state index >= 15 is 0 Å². The van der Waals surface area contributed by atoms with Gasteiger partial charge in [-0.15, -0.1) is 11.3 Å². The SMILES string of the molecule is O=C1C=C(Br)C(=O)C2=C1C(c1cc(Cl)ccc1O)C1=CCC3C(=O)N(Cc4cccs4)C(=O)C3C1C2. The highest BCUT2D eigenvalue weighted by molar-refractivity contribution is 9.12. The number of amides is 2. The second-order valence-electron chi connectivity index (χ2n) is 9.44. The van der Waals surface area contributed by atoms with Crippen molar-refractivity contribution < 1.29 is 24.3 Å². The summed E-state index contributed by atoms with van der Waals surface area (Å²) in [6.45, 7) is 0.225. The number of nitrogens with zero attached hydrogens (tertiary/aromatic N) is 1. The molecule has 182 valence electrons. The van der Waals surface area contributed by atoms with E-state index in [9.17, 15) is 24.3 Å². The lowest BCUT2D eigenvalue weighted by Gasteiger charge is -2.42. The number of hydrogen-bond acceptors (Lipinski definition) is 6. The predicted octanol–water partition coefficient (Wildman–Crippen LogP) is 5.07. The van der Waals surface area contributed by atoms with Crippen LogP contribution in [-0.4, -0.2) is 33.4 Å². The van der Waals surface area contributed by atoms with Crippen LogP contribution in [0.1, 0.15) is 29.2 Å². The van der Waals surface area contributed by atoms with Crippen LogP contribution in [0.4, 0.5) is 0 Å². The van der Waals surface area contributed by atoms with E-state index in [0.717, 1.165) is 10.5 Å². The molecule has 6 nitrogen and oxygen atoms in total. The van der Waals surface area contributed by atoms with Gasteiger partial charge in [-0.05, 0) is 64.3 Å². The Morgan fingerprint density at radius 3 is 2.67 bits per heavy atom. The number of aromatic hydroxyl groups is 1. The summed E-state index contributed by atoms with van der Waals surface area (Å²) >= 11 is 11.0. The van der Waals surface area contributed by atoms with E-state index in [1.807, 2.05) is 23.6 Å². The maximum absolute atomic E-state index is 13.7. The number of allylic oxidation sites excluding steroid dienone is 6. The zero-order valence-electron chi connectivity index (χ0n) is 18.7. The molecule has 1 aromatic carbocycles. The Hall–Kier alpha value is -2.81. The second-order valence-corrected chi connectivity index (χ2v) is 11.8. The van der Waals surface area contributed by atoms with Crippen LogP contribution >= 0.6 is 38.9 Å². The van der Waals surface area contributed by atoms with Crippen LogP contribution < -0.4 is 0 Å². The van der Waals surface area contributed by atoms with Crippen molar-refractivity contribution in [1.82, 2.24) is 4.90 Å². The second kappa shape index (κ2) is 8.64. The molecule has 2 amide bonds. The molecule has 6 rings (SSSR count). The number of likely N-dealkylation sites (tertiary alicyclic amines) is 1. The van der Waals surface area contributed by atoms with Gasteiger partial charge in [-0.2, -0.15) is 0 Å². The predicted molar refractivity (Wildman–Crippen MR) is 138 cm³/mol. The third-order valence-corrected chi connectivity index (χ3v) is 9.30. The van der Waals surface area contributed by atoms with Gasteiger partial charge in [0.25, 0.3) is 0 Å². The molecule has 9 heteroatoms. The van der Waals surface area contributed by atoms with Gasteiger partial charge in [-0.3, -0.25) is 24.1 Å². The van der Waals surface area contributed by atoms with Crippen molar-refractivity contribution >= 4 is 62.2 Å². The summed E-state index contributed by atoms with van der Waals surface area (Å²) in [6, 6.07) is 8.38. The number of halogens is 2. The van der Waals surface area contributed by atoms with E-state index in [-0.39, 0.29) is 46.6 Å². The molecule has 0 spiro atoms. The first-order valence-corrected chi connectivity index (χ1v) is 13.6. The van der Waals surface area contributed by atoms with E-state index < -0.39 is 23.7 Å². The van der Waals surface area contributed by atoms with E-state index in [2.05, 4.69) is 15.9 Å². The fraction of sp³-hybridized carbons (Fsp3) is 0.259. The zero-order chi connectivity index (χ0) is 25.3. The number of benzene rings is 1. The zero-order valence-corrected chi connectivity index (χ0v) is 21.9. The minimum atomic E-state index is -0.735. The lowest BCUT2D eigenvalue weighted by atomic mass is 9.59. The number of Topliss-reactive ketones (excluding diaryl/α,β-unsaturated/α-hetero) is 1. The number of phenols is 1. The molecule has 1 N–H and O–H groups in total. The van der Waals surface area contributed by atoms with Gasteiger partial charge in [0.15, 0.2) is 11.6 Å². The highest BCUT2D eigenvalue weighted by atomic mass is 79.9. The van der Waals surface area contributed by atoms with Crippen molar-refractivity contribution in [3.05, 3.63) is 84.5 Å². The van der Waals surface area contributed by atoms with Gasteiger partial charge in [0.2, 0.25) is 11.8 Å². The first kappa shape index (κ1) is 23.6. The van der Waals surface area contributed by atoms with Crippen LogP contribution in [-0.2, 0) is 25.7 Å². The highest BCUT2D eigenvalue weighted by Crippen LogP contribution is 2.56. The monoisotopic (exact) mass is 583 g/mol. The quantitative estimate of drug-likeness (QED) is 0.309. The van der Waals surface area contributed by atoms with Gasteiger partial charge < -0.3 is 5.11 Å². The molecule has 1 fully saturated rings. The molecule has 4 unspecified atom stereocenters. The summed E-state index contributed by atoms with van der Waals surface area (Å²) in [5.41, 5.74) is 1.80. The maximum atomic E-state index is 13.7. The molecule has 0 saturated carbocycles. The minimum Gasteiger partial charge on any atom is -0.508 e. The van der Waals surface area contributed by atoms with Crippen molar-refractivity contribution in [1.29, 1.82) is 0 Å². The summed E-state index contributed by atoms with van der Waals surface area (Å²) < 4.78 is 0.160. The van der Waals surface area contributed by atoms with Gasteiger partial charge >= 0.3 is 0 Å². The third kappa shape index (κ3) is 3.49. The topological polar surface area (TPSA) is 91.8 Å². The Kier molecular flexibility index (Phi) is 5.66. The number of ketones is 2. The van der Waals surface area contributed by atoms with Crippen LogP contribution in [0.25, 0.3) is 0 Å². The largest absolute Gasteiger partial charge is 0.508 e. The smallest absolute Gasteiger partial charge is 0.234 e. The van der Waals surface area contributed by atoms with E-state index in [4.69, 9.17) is 11.6 Å². The Morgan fingerprint density at radius 1 is 1.11 bits per heavy atom. The number of carbonyl (C=O) groups excluding carboxylic acids is 4. The maximum Gasteiger partial charge on any atom is 0.234 e. The van der Waals surface area contributed by atoms with Crippen LogP contribution in [0, 0.1) is 17.8 Å². The van der Waals surface area contributed by atoms with Crippen LogP contribution in [0.15, 0.2) is 69.1 Å². The number of carbonyl (C=O) groups is 4. The first-order chi connectivity index (χ1) is 17.3. The van der Waals surface area contributed by atoms with Crippen LogP contribution in [0.2, 0.25) is 5.02 Å². The van der Waals surface area contributed by atoms with Crippen molar-refractivity contribution in [2.45, 2.75) is 25.3 Å². The third-order valence-electron chi connectivity index (χ3n) is 7.62. The molecule has 0 bridgehead atoms. The van der Waals surface area contributed by atoms with Crippen molar-refractivity contribution in [2.24, 2.45) is 17.8 Å². The Labute approximate surface area is 224 Å². The van der Waals surface area contributed by atoms with E-state index in [0.29, 0.717) is 28.2 Å². The fourth-order valence-corrected chi connectivity index (χ4v) is 7.42. The number of fused-ring (bicyclic) bond motifs is 3. The average Bonchev–Trinajstić information content (AvgIpc) is 3.45. The molecule has 4 atom stereocenters. The van der Waals surface area contributed by atoms with Gasteiger partial charge in [-0.25, -0.2) is 0 Å². The summed E-state index contributed by atoms with van der Waals surface area (Å²) in [5.74, 6) is -3.49. The number of imide groups is 1. The van der Waals surface area contributed by atoms with Crippen molar-refractivity contribution in [2.75, 3.05) is 0 Å². The first-order valence-electron chi connectivity index (χ1n) is 11.5. The van der Waals surface area contributed by atoms with Crippen LogP contribution in [0.5, 0.6) is 5.75 Å². The van der Waals surface area contributed by atoms with Gasteiger partial charge in [-0.1, -0.05) is 29.3 Å². The number of thiophene rings is 1. The van der Waals surface area contributed by atoms with E-state index in [1.165, 1.54) is 28.4 Å². The summed E-state index contributed by atoms with van der Waals surface area (Å²) in [7, 11) is 0. The van der Waals surface area contributed by atoms with E-state index in [1.54, 1.807) is 12.1 Å². The molecular formula is C27H19BrClNO5S. The summed E-state index contributed by atoms with van der Waals surface area (Å²) in [5, 5.41) is 13.1. The lowest BCUT2D eigenvalue weighted by Crippen LogP contribution is -2.39. The van der Waals surface area contributed by atoms with Gasteiger partial charge in [0.1, 0.15) is 5.75 Å². The number of rotatable bonds is 3. The molecule has 2 aromatic rings. The molecule has 2 heterocycles. The highest BCUT2D eigenvalue weighted by Gasteiger charge is 2.56. The normalized spacial score (nSPS) is 27.6. The van der Waals surface area contributed by atoms with Gasteiger partial charge in [0, 0.05) is 38.6 Å². The minimum absolute atomic E-state index is 0.0538. The van der Waals surface area contributed by atoms with Crippen LogP contribution in [0.3, 0.4) is 0 Å².